The predicted octanol–water partition coefficient (Wildman–Crippen LogP) is 3.19. The minimum Gasteiger partial charge on any atom is -0.496 e. The van der Waals surface area contributed by atoms with Gasteiger partial charge in [0.05, 0.1) is 13.5 Å². The Balaban J connectivity index is 1.57. The van der Waals surface area contributed by atoms with Crippen LogP contribution in [0.2, 0.25) is 0 Å². The summed E-state index contributed by atoms with van der Waals surface area (Å²) < 4.78 is 5.33. The van der Waals surface area contributed by atoms with Gasteiger partial charge in [0, 0.05) is 30.7 Å². The zero-order chi connectivity index (χ0) is 18.6. The quantitative estimate of drug-likeness (QED) is 0.868. The molecule has 26 heavy (non-hydrogen) atoms. The molecule has 0 unspecified atom stereocenters. The molecule has 0 bridgehead atoms. The number of hydrogen-bond donors (Lipinski definition) is 1. The third-order valence-corrected chi connectivity index (χ3v) is 5.25. The number of nitrogens with zero attached hydrogens (tertiary/aromatic N) is 1. The van der Waals surface area contributed by atoms with Gasteiger partial charge in [-0.1, -0.05) is 42.5 Å². The topological polar surface area (TPSA) is 41.6 Å². The summed E-state index contributed by atoms with van der Waals surface area (Å²) in [5.74, 6) is 0.787. The number of carbonyl (C=O) groups excluding carboxylic acids is 1. The number of ether oxygens (including phenoxy) is 1. The monoisotopic (exact) mass is 352 g/mol. The van der Waals surface area contributed by atoms with E-state index in [9.17, 15) is 4.79 Å². The van der Waals surface area contributed by atoms with Gasteiger partial charge in [-0.25, -0.2) is 0 Å². The van der Waals surface area contributed by atoms with Crippen LogP contribution in [0.4, 0.5) is 0 Å². The van der Waals surface area contributed by atoms with Gasteiger partial charge in [0.1, 0.15) is 5.75 Å². The molecular weight excluding hydrogens is 324 g/mol. The SMILES string of the molecule is COc1ccccc1CC(=O)NCC(C)(C)N1CCc2ccccc2C1. The summed E-state index contributed by atoms with van der Waals surface area (Å²) in [6.07, 6.45) is 1.40. The van der Waals surface area contributed by atoms with E-state index < -0.39 is 0 Å². The van der Waals surface area contributed by atoms with Crippen LogP contribution < -0.4 is 10.1 Å². The second-order valence-corrected chi connectivity index (χ2v) is 7.52. The number of nitrogens with one attached hydrogen (secondary N) is 1. The lowest BCUT2D eigenvalue weighted by Gasteiger charge is -2.41. The zero-order valence-corrected chi connectivity index (χ0v) is 15.9. The second kappa shape index (κ2) is 7.92. The van der Waals surface area contributed by atoms with E-state index >= 15 is 0 Å². The molecule has 3 rings (SSSR count). The molecule has 0 spiro atoms. The molecule has 1 amide bonds. The molecule has 1 aliphatic rings. The van der Waals surface area contributed by atoms with Crippen molar-refractivity contribution in [3.8, 4) is 5.75 Å². The summed E-state index contributed by atoms with van der Waals surface area (Å²) in [7, 11) is 1.63. The highest BCUT2D eigenvalue weighted by Crippen LogP contribution is 2.25. The van der Waals surface area contributed by atoms with E-state index in [0.29, 0.717) is 13.0 Å². The van der Waals surface area contributed by atoms with Crippen molar-refractivity contribution in [3.05, 3.63) is 65.2 Å². The van der Waals surface area contributed by atoms with Crippen LogP contribution in [-0.4, -0.2) is 36.5 Å². The van der Waals surface area contributed by atoms with Crippen molar-refractivity contribution >= 4 is 5.91 Å². The average Bonchev–Trinajstić information content (AvgIpc) is 2.66. The van der Waals surface area contributed by atoms with Crippen LogP contribution in [0.15, 0.2) is 48.5 Å². The Morgan fingerprint density at radius 1 is 1.12 bits per heavy atom. The Kier molecular flexibility index (Phi) is 5.62. The summed E-state index contributed by atoms with van der Waals surface area (Å²) in [4.78, 5) is 14.9. The Labute approximate surface area is 156 Å². The maximum Gasteiger partial charge on any atom is 0.224 e. The molecule has 138 valence electrons. The van der Waals surface area contributed by atoms with E-state index in [1.807, 2.05) is 24.3 Å². The molecule has 2 aromatic carbocycles. The van der Waals surface area contributed by atoms with Gasteiger partial charge in [0.25, 0.3) is 0 Å². The van der Waals surface area contributed by atoms with Gasteiger partial charge in [-0.2, -0.15) is 0 Å². The van der Waals surface area contributed by atoms with Gasteiger partial charge < -0.3 is 10.1 Å². The molecule has 4 heteroatoms. The second-order valence-electron chi connectivity index (χ2n) is 7.52. The van der Waals surface area contributed by atoms with Crippen LogP contribution in [0, 0.1) is 0 Å². The Morgan fingerprint density at radius 3 is 2.58 bits per heavy atom. The maximum atomic E-state index is 12.4. The number of fused-ring (bicyclic) bond motifs is 1. The molecule has 2 aromatic rings. The molecule has 1 N–H and O–H groups in total. The first-order chi connectivity index (χ1) is 12.5. The Morgan fingerprint density at radius 2 is 1.81 bits per heavy atom. The maximum absolute atomic E-state index is 12.4. The fourth-order valence-corrected chi connectivity index (χ4v) is 3.52. The molecule has 0 saturated heterocycles. The molecule has 0 saturated carbocycles. The number of amides is 1. The fourth-order valence-electron chi connectivity index (χ4n) is 3.52. The van der Waals surface area contributed by atoms with Crippen LogP contribution >= 0.6 is 0 Å². The Bertz CT molecular complexity index is 770. The van der Waals surface area contributed by atoms with Gasteiger partial charge in [0.15, 0.2) is 0 Å². The molecule has 0 aromatic heterocycles. The Hall–Kier alpha value is -2.33. The van der Waals surface area contributed by atoms with E-state index in [1.165, 1.54) is 11.1 Å². The van der Waals surface area contributed by atoms with Crippen molar-refractivity contribution < 1.29 is 9.53 Å². The van der Waals surface area contributed by atoms with Crippen LogP contribution in [0.1, 0.15) is 30.5 Å². The normalized spacial score (nSPS) is 14.6. The van der Waals surface area contributed by atoms with Crippen molar-refractivity contribution in [2.75, 3.05) is 20.2 Å². The van der Waals surface area contributed by atoms with Crippen LogP contribution in [0.5, 0.6) is 5.75 Å². The van der Waals surface area contributed by atoms with Crippen molar-refractivity contribution in [1.29, 1.82) is 0 Å². The molecular formula is C22H28N2O2. The average molecular weight is 352 g/mol. The lowest BCUT2D eigenvalue weighted by atomic mass is 9.94. The van der Waals surface area contributed by atoms with E-state index in [1.54, 1.807) is 7.11 Å². The molecule has 4 nitrogen and oxygen atoms in total. The fraction of sp³-hybridized carbons (Fsp3) is 0.409. The number of carbonyl (C=O) groups is 1. The summed E-state index contributed by atoms with van der Waals surface area (Å²) in [5.41, 5.74) is 3.66. The lowest BCUT2D eigenvalue weighted by molar-refractivity contribution is -0.121. The third kappa shape index (κ3) is 4.25. The first-order valence-corrected chi connectivity index (χ1v) is 9.20. The van der Waals surface area contributed by atoms with Gasteiger partial charge >= 0.3 is 0 Å². The van der Waals surface area contributed by atoms with Gasteiger partial charge in [-0.15, -0.1) is 0 Å². The van der Waals surface area contributed by atoms with Gasteiger partial charge in [-0.3, -0.25) is 9.69 Å². The van der Waals surface area contributed by atoms with Gasteiger partial charge in [0.2, 0.25) is 5.91 Å². The van der Waals surface area contributed by atoms with Crippen molar-refractivity contribution in [3.63, 3.8) is 0 Å². The molecule has 0 radical (unpaired) electrons. The van der Waals surface area contributed by atoms with E-state index in [0.717, 1.165) is 30.8 Å². The number of benzene rings is 2. The molecule has 0 atom stereocenters. The van der Waals surface area contributed by atoms with Gasteiger partial charge in [-0.05, 0) is 37.5 Å². The van der Waals surface area contributed by atoms with Crippen LogP contribution in [0.3, 0.4) is 0 Å². The minimum atomic E-state index is -0.0933. The van der Waals surface area contributed by atoms with E-state index in [4.69, 9.17) is 4.74 Å². The largest absolute Gasteiger partial charge is 0.496 e. The smallest absolute Gasteiger partial charge is 0.224 e. The van der Waals surface area contributed by atoms with E-state index in [2.05, 4.69) is 48.3 Å². The summed E-state index contributed by atoms with van der Waals surface area (Å²) >= 11 is 0. The van der Waals surface area contributed by atoms with Crippen molar-refractivity contribution in [2.45, 2.75) is 38.8 Å². The highest BCUT2D eigenvalue weighted by molar-refractivity contribution is 5.79. The van der Waals surface area contributed by atoms with Crippen molar-refractivity contribution in [2.24, 2.45) is 0 Å². The molecule has 1 heterocycles. The molecule has 0 fully saturated rings. The molecule has 0 aliphatic carbocycles. The first-order valence-electron chi connectivity index (χ1n) is 9.20. The third-order valence-electron chi connectivity index (χ3n) is 5.25. The number of hydrogen-bond acceptors (Lipinski definition) is 3. The first kappa shape index (κ1) is 18.5. The van der Waals surface area contributed by atoms with Crippen LogP contribution in [0.25, 0.3) is 0 Å². The highest BCUT2D eigenvalue weighted by Gasteiger charge is 2.30. The summed E-state index contributed by atoms with van der Waals surface area (Å²) in [5, 5.41) is 3.11. The number of para-hydroxylation sites is 1. The van der Waals surface area contributed by atoms with E-state index in [-0.39, 0.29) is 11.4 Å². The number of rotatable bonds is 6. The van der Waals surface area contributed by atoms with Crippen molar-refractivity contribution in [1.82, 2.24) is 10.2 Å². The standard InChI is InChI=1S/C22H28N2O2/c1-22(2,24-13-12-17-8-4-5-10-19(17)15-24)16-23-21(25)14-18-9-6-7-11-20(18)26-3/h4-11H,12-16H2,1-3H3,(H,23,25). The summed E-state index contributed by atoms with van der Waals surface area (Å²) in [6.45, 7) is 6.98. The van der Waals surface area contributed by atoms with Crippen LogP contribution in [-0.2, 0) is 24.2 Å². The number of methoxy groups -OCH3 is 1. The summed E-state index contributed by atoms with van der Waals surface area (Å²) in [6, 6.07) is 16.3. The minimum absolute atomic E-state index is 0.0278. The zero-order valence-electron chi connectivity index (χ0n) is 15.9. The highest BCUT2D eigenvalue weighted by atomic mass is 16.5. The predicted molar refractivity (Wildman–Crippen MR) is 104 cm³/mol. The lowest BCUT2D eigenvalue weighted by Crippen LogP contribution is -2.53. The molecule has 1 aliphatic heterocycles.